The molecular weight excluding hydrogens is 503 g/mol. The average molecular weight is 536 g/mol. The molecule has 0 spiro atoms. The molecular formula is C24H33IN4O2. The number of amides is 1. The quantitative estimate of drug-likeness (QED) is 0.209. The molecule has 0 bridgehead atoms. The maximum atomic E-state index is 11.7. The van der Waals surface area contributed by atoms with Crippen LogP contribution in [0.2, 0.25) is 0 Å². The Kier molecular flexibility index (Phi) is 11.2. The number of likely N-dealkylation sites (tertiary alicyclic amines) is 1. The Morgan fingerprint density at radius 1 is 1.10 bits per heavy atom. The molecule has 0 aromatic heterocycles. The first kappa shape index (κ1) is 25.0. The zero-order chi connectivity index (χ0) is 21.0. The summed E-state index contributed by atoms with van der Waals surface area (Å²) in [6, 6.07) is 18.2. The number of carbonyl (C=O) groups excluding carboxylic acids is 1. The van der Waals surface area contributed by atoms with Crippen LogP contribution in [0.15, 0.2) is 59.6 Å². The highest BCUT2D eigenvalue weighted by Gasteiger charge is 2.18. The first-order valence-corrected chi connectivity index (χ1v) is 10.8. The third-order valence-corrected chi connectivity index (χ3v) is 4.97. The summed E-state index contributed by atoms with van der Waals surface area (Å²) in [6.45, 7) is 6.50. The van der Waals surface area contributed by atoms with Crippen molar-refractivity contribution in [2.45, 2.75) is 39.3 Å². The summed E-state index contributed by atoms with van der Waals surface area (Å²) in [5.74, 6) is 1.96. The van der Waals surface area contributed by atoms with E-state index in [1.54, 1.807) is 0 Å². The summed E-state index contributed by atoms with van der Waals surface area (Å²) in [5.41, 5.74) is 2.27. The van der Waals surface area contributed by atoms with Gasteiger partial charge < -0.3 is 20.3 Å². The zero-order valence-corrected chi connectivity index (χ0v) is 20.5. The Hall–Kier alpha value is -2.29. The SMILES string of the molecule is CCNC(=NCc1cccc(COc2ccccc2)c1)NCCCN1CCCC1=O.I. The molecule has 3 rings (SSSR count). The van der Waals surface area contributed by atoms with Crippen LogP contribution in [0.4, 0.5) is 0 Å². The van der Waals surface area contributed by atoms with E-state index in [1.165, 1.54) is 0 Å². The van der Waals surface area contributed by atoms with Crippen LogP contribution < -0.4 is 15.4 Å². The molecule has 0 atom stereocenters. The number of hydrogen-bond donors (Lipinski definition) is 2. The van der Waals surface area contributed by atoms with Gasteiger partial charge in [0.15, 0.2) is 5.96 Å². The average Bonchev–Trinajstić information content (AvgIpc) is 3.19. The van der Waals surface area contributed by atoms with E-state index in [9.17, 15) is 4.79 Å². The molecule has 1 saturated heterocycles. The second kappa shape index (κ2) is 13.9. The number of para-hydroxylation sites is 1. The summed E-state index contributed by atoms with van der Waals surface area (Å²) < 4.78 is 5.84. The van der Waals surface area contributed by atoms with E-state index in [-0.39, 0.29) is 29.9 Å². The molecule has 6 nitrogen and oxygen atoms in total. The first-order valence-electron chi connectivity index (χ1n) is 10.8. The number of guanidine groups is 1. The smallest absolute Gasteiger partial charge is 0.222 e. The molecule has 0 saturated carbocycles. The third kappa shape index (κ3) is 8.77. The number of aliphatic imine (C=N–C) groups is 1. The van der Waals surface area contributed by atoms with Gasteiger partial charge in [0.2, 0.25) is 5.91 Å². The van der Waals surface area contributed by atoms with Gasteiger partial charge in [-0.25, -0.2) is 4.99 Å². The second-order valence-electron chi connectivity index (χ2n) is 7.38. The highest BCUT2D eigenvalue weighted by Crippen LogP contribution is 2.13. The van der Waals surface area contributed by atoms with Gasteiger partial charge in [-0.15, -0.1) is 24.0 Å². The minimum absolute atomic E-state index is 0. The summed E-state index contributed by atoms with van der Waals surface area (Å²) in [5, 5.41) is 6.65. The number of nitrogens with one attached hydrogen (secondary N) is 2. The van der Waals surface area contributed by atoms with Crippen LogP contribution in [0.3, 0.4) is 0 Å². The third-order valence-electron chi connectivity index (χ3n) is 4.97. The maximum absolute atomic E-state index is 11.7. The molecule has 0 aliphatic carbocycles. The molecule has 1 fully saturated rings. The molecule has 0 unspecified atom stereocenters. The molecule has 1 aliphatic rings. The lowest BCUT2D eigenvalue weighted by Crippen LogP contribution is -2.39. The van der Waals surface area contributed by atoms with E-state index in [0.717, 1.165) is 61.9 Å². The van der Waals surface area contributed by atoms with Gasteiger partial charge in [0.05, 0.1) is 6.54 Å². The van der Waals surface area contributed by atoms with Crippen LogP contribution in [-0.2, 0) is 17.9 Å². The zero-order valence-electron chi connectivity index (χ0n) is 18.2. The van der Waals surface area contributed by atoms with E-state index in [2.05, 4.69) is 35.8 Å². The maximum Gasteiger partial charge on any atom is 0.222 e. The second-order valence-corrected chi connectivity index (χ2v) is 7.38. The normalized spacial score (nSPS) is 13.6. The lowest BCUT2D eigenvalue weighted by atomic mass is 10.1. The number of carbonyl (C=O) groups is 1. The fraction of sp³-hybridized carbons (Fsp3) is 0.417. The first-order chi connectivity index (χ1) is 14.7. The van der Waals surface area contributed by atoms with Crippen LogP contribution in [0.25, 0.3) is 0 Å². The van der Waals surface area contributed by atoms with Crippen molar-refractivity contribution in [1.29, 1.82) is 0 Å². The Labute approximate surface area is 202 Å². The van der Waals surface area contributed by atoms with Crippen molar-refractivity contribution >= 4 is 35.8 Å². The van der Waals surface area contributed by atoms with Gasteiger partial charge in [-0.05, 0) is 43.0 Å². The molecule has 1 aliphatic heterocycles. The van der Waals surface area contributed by atoms with Gasteiger partial charge in [0, 0.05) is 32.6 Å². The van der Waals surface area contributed by atoms with E-state index in [4.69, 9.17) is 9.73 Å². The van der Waals surface area contributed by atoms with Gasteiger partial charge in [-0.2, -0.15) is 0 Å². The van der Waals surface area contributed by atoms with Crippen molar-refractivity contribution in [3.05, 3.63) is 65.7 Å². The standard InChI is InChI=1S/C24H32N4O2.HI/c1-2-25-24(26-14-8-16-28-15-7-13-23(28)29)27-18-20-9-6-10-21(17-20)19-30-22-11-4-3-5-12-22;/h3-6,9-12,17H,2,7-8,13-16,18-19H2,1H3,(H2,25,26,27);1H. The number of benzene rings is 2. The van der Waals surface area contributed by atoms with E-state index in [0.29, 0.717) is 19.6 Å². The van der Waals surface area contributed by atoms with Gasteiger partial charge in [0.1, 0.15) is 12.4 Å². The highest BCUT2D eigenvalue weighted by atomic mass is 127. The summed E-state index contributed by atoms with van der Waals surface area (Å²) in [4.78, 5) is 18.3. The topological polar surface area (TPSA) is 66.0 Å². The van der Waals surface area contributed by atoms with Crippen molar-refractivity contribution in [2.75, 3.05) is 26.2 Å². The van der Waals surface area contributed by atoms with Gasteiger partial charge in [0.25, 0.3) is 0 Å². The minimum atomic E-state index is 0. The van der Waals surface area contributed by atoms with Crippen molar-refractivity contribution in [2.24, 2.45) is 4.99 Å². The van der Waals surface area contributed by atoms with Crippen molar-refractivity contribution < 1.29 is 9.53 Å². The van der Waals surface area contributed by atoms with Crippen LogP contribution in [-0.4, -0.2) is 42.9 Å². The van der Waals surface area contributed by atoms with E-state index in [1.807, 2.05) is 41.3 Å². The van der Waals surface area contributed by atoms with Crippen LogP contribution in [0, 0.1) is 0 Å². The summed E-state index contributed by atoms with van der Waals surface area (Å²) in [6.07, 6.45) is 2.61. The fourth-order valence-corrected chi connectivity index (χ4v) is 3.43. The molecule has 1 amide bonds. The molecule has 0 radical (unpaired) electrons. The van der Waals surface area contributed by atoms with Crippen LogP contribution in [0.5, 0.6) is 5.75 Å². The van der Waals surface area contributed by atoms with Crippen LogP contribution in [0.1, 0.15) is 37.3 Å². The molecule has 168 valence electrons. The fourth-order valence-electron chi connectivity index (χ4n) is 3.43. The highest BCUT2D eigenvalue weighted by molar-refractivity contribution is 14.0. The Morgan fingerprint density at radius 2 is 1.90 bits per heavy atom. The van der Waals surface area contributed by atoms with Gasteiger partial charge >= 0.3 is 0 Å². The molecule has 7 heteroatoms. The monoisotopic (exact) mass is 536 g/mol. The molecule has 2 aromatic carbocycles. The minimum Gasteiger partial charge on any atom is -0.489 e. The molecule has 1 heterocycles. The van der Waals surface area contributed by atoms with Gasteiger partial charge in [-0.1, -0.05) is 42.5 Å². The summed E-state index contributed by atoms with van der Waals surface area (Å²) in [7, 11) is 0. The Morgan fingerprint density at radius 3 is 2.65 bits per heavy atom. The van der Waals surface area contributed by atoms with Crippen LogP contribution >= 0.6 is 24.0 Å². The molecule has 2 N–H and O–H groups in total. The van der Waals surface area contributed by atoms with Crippen molar-refractivity contribution in [3.8, 4) is 5.75 Å². The van der Waals surface area contributed by atoms with Crippen molar-refractivity contribution in [3.63, 3.8) is 0 Å². The lowest BCUT2D eigenvalue weighted by Gasteiger charge is -2.16. The van der Waals surface area contributed by atoms with Crippen molar-refractivity contribution in [1.82, 2.24) is 15.5 Å². The van der Waals surface area contributed by atoms with Gasteiger partial charge in [-0.3, -0.25) is 4.79 Å². The number of ether oxygens (including phenoxy) is 1. The lowest BCUT2D eigenvalue weighted by molar-refractivity contribution is -0.127. The number of nitrogens with zero attached hydrogens (tertiary/aromatic N) is 2. The molecule has 2 aromatic rings. The predicted molar refractivity (Wildman–Crippen MR) is 136 cm³/mol. The number of halogens is 1. The molecule has 31 heavy (non-hydrogen) atoms. The summed E-state index contributed by atoms with van der Waals surface area (Å²) >= 11 is 0. The van der Waals surface area contributed by atoms with E-state index < -0.39 is 0 Å². The Bertz CT molecular complexity index is 829. The Balaban J connectivity index is 0.00000341. The predicted octanol–water partition coefficient (Wildman–Crippen LogP) is 3.95. The largest absolute Gasteiger partial charge is 0.489 e. The number of hydrogen-bond acceptors (Lipinski definition) is 3. The van der Waals surface area contributed by atoms with E-state index >= 15 is 0 Å². The number of rotatable bonds is 10.